The lowest BCUT2D eigenvalue weighted by atomic mass is 10.00. The Morgan fingerprint density at radius 3 is 2.71 bits per heavy atom. The SMILES string of the molecule is CCOc1ccc2ccccc2c1/C=C1/C(=O)NC(=S)N(C)C1=O. The van der Waals surface area contributed by atoms with E-state index in [0.29, 0.717) is 17.9 Å². The molecule has 0 unspecified atom stereocenters. The lowest BCUT2D eigenvalue weighted by molar-refractivity contribution is -0.128. The van der Waals surface area contributed by atoms with Crippen LogP contribution in [0.3, 0.4) is 0 Å². The molecule has 122 valence electrons. The Kier molecular flexibility index (Phi) is 4.31. The number of fused-ring (bicyclic) bond motifs is 1. The van der Waals surface area contributed by atoms with Gasteiger partial charge in [-0.2, -0.15) is 0 Å². The molecular weight excluding hydrogens is 324 g/mol. The summed E-state index contributed by atoms with van der Waals surface area (Å²) in [6, 6.07) is 11.5. The molecule has 6 heteroatoms. The van der Waals surface area contributed by atoms with Crippen molar-refractivity contribution in [3.05, 3.63) is 47.5 Å². The van der Waals surface area contributed by atoms with E-state index in [1.165, 1.54) is 11.9 Å². The van der Waals surface area contributed by atoms with Crippen LogP contribution < -0.4 is 10.1 Å². The molecule has 2 aromatic carbocycles. The van der Waals surface area contributed by atoms with Gasteiger partial charge in [-0.1, -0.05) is 30.3 Å². The summed E-state index contributed by atoms with van der Waals surface area (Å²) in [5, 5.41) is 4.53. The summed E-state index contributed by atoms with van der Waals surface area (Å²) in [6.07, 6.45) is 1.57. The van der Waals surface area contributed by atoms with E-state index in [2.05, 4.69) is 5.32 Å². The topological polar surface area (TPSA) is 58.6 Å². The Balaban J connectivity index is 2.21. The molecule has 0 saturated carbocycles. The number of hydrogen-bond acceptors (Lipinski definition) is 4. The zero-order valence-electron chi connectivity index (χ0n) is 13.3. The highest BCUT2D eigenvalue weighted by Gasteiger charge is 2.31. The van der Waals surface area contributed by atoms with Crippen molar-refractivity contribution in [1.82, 2.24) is 10.2 Å². The first-order valence-corrected chi connectivity index (χ1v) is 7.93. The molecule has 1 aliphatic heterocycles. The molecule has 5 nitrogen and oxygen atoms in total. The quantitative estimate of drug-likeness (QED) is 0.530. The van der Waals surface area contributed by atoms with Crippen LogP contribution in [0.5, 0.6) is 5.75 Å². The summed E-state index contributed by atoms with van der Waals surface area (Å²) < 4.78 is 5.68. The van der Waals surface area contributed by atoms with E-state index in [0.717, 1.165) is 10.8 Å². The summed E-state index contributed by atoms with van der Waals surface area (Å²) in [7, 11) is 1.53. The molecule has 3 rings (SSSR count). The minimum absolute atomic E-state index is 0.0309. The fraction of sp³-hybridized carbons (Fsp3) is 0.167. The monoisotopic (exact) mass is 340 g/mol. The second-order valence-corrected chi connectivity index (χ2v) is 5.70. The fourth-order valence-electron chi connectivity index (χ4n) is 2.60. The van der Waals surface area contributed by atoms with Crippen LogP contribution in [0.2, 0.25) is 0 Å². The Morgan fingerprint density at radius 1 is 1.21 bits per heavy atom. The largest absolute Gasteiger partial charge is 0.493 e. The number of carbonyl (C=O) groups is 2. The predicted octanol–water partition coefficient (Wildman–Crippen LogP) is 2.50. The van der Waals surface area contributed by atoms with Gasteiger partial charge in [-0.25, -0.2) is 0 Å². The van der Waals surface area contributed by atoms with Gasteiger partial charge in [0.2, 0.25) is 0 Å². The third kappa shape index (κ3) is 2.76. The molecule has 1 aliphatic rings. The van der Waals surface area contributed by atoms with Crippen molar-refractivity contribution in [2.24, 2.45) is 0 Å². The summed E-state index contributed by atoms with van der Waals surface area (Å²) in [5.41, 5.74) is 0.734. The highest BCUT2D eigenvalue weighted by molar-refractivity contribution is 7.80. The molecule has 0 spiro atoms. The number of carbonyl (C=O) groups excluding carboxylic acids is 2. The van der Waals surface area contributed by atoms with E-state index >= 15 is 0 Å². The Hall–Kier alpha value is -2.73. The summed E-state index contributed by atoms with van der Waals surface area (Å²) in [4.78, 5) is 25.9. The third-order valence-electron chi connectivity index (χ3n) is 3.82. The van der Waals surface area contributed by atoms with Crippen molar-refractivity contribution in [2.45, 2.75) is 6.92 Å². The van der Waals surface area contributed by atoms with Gasteiger partial charge in [-0.05, 0) is 42.1 Å². The van der Waals surface area contributed by atoms with Crippen LogP contribution in [-0.4, -0.2) is 35.5 Å². The highest BCUT2D eigenvalue weighted by atomic mass is 32.1. The number of nitrogens with one attached hydrogen (secondary N) is 1. The normalized spacial score (nSPS) is 16.7. The average molecular weight is 340 g/mol. The first kappa shape index (κ1) is 16.1. The average Bonchev–Trinajstić information content (AvgIpc) is 2.58. The Bertz CT molecular complexity index is 889. The molecule has 1 heterocycles. The summed E-state index contributed by atoms with van der Waals surface area (Å²) >= 11 is 4.97. The molecule has 2 aromatic rings. The van der Waals surface area contributed by atoms with Crippen LogP contribution in [0.15, 0.2) is 42.0 Å². The first-order valence-electron chi connectivity index (χ1n) is 7.52. The van der Waals surface area contributed by atoms with Gasteiger partial charge in [0.05, 0.1) is 6.61 Å². The molecule has 0 aromatic heterocycles. The van der Waals surface area contributed by atoms with Gasteiger partial charge in [0.15, 0.2) is 5.11 Å². The second kappa shape index (κ2) is 6.41. The smallest absolute Gasteiger partial charge is 0.265 e. The van der Waals surface area contributed by atoms with Crippen molar-refractivity contribution in [1.29, 1.82) is 0 Å². The van der Waals surface area contributed by atoms with Gasteiger partial charge < -0.3 is 4.74 Å². The third-order valence-corrected chi connectivity index (χ3v) is 4.20. The lowest BCUT2D eigenvalue weighted by Crippen LogP contribution is -2.52. The van der Waals surface area contributed by atoms with Crippen LogP contribution in [0.1, 0.15) is 12.5 Å². The van der Waals surface area contributed by atoms with E-state index in [4.69, 9.17) is 17.0 Å². The Morgan fingerprint density at radius 2 is 1.96 bits per heavy atom. The van der Waals surface area contributed by atoms with Crippen LogP contribution in [-0.2, 0) is 9.59 Å². The molecular formula is C18H16N2O3S. The van der Waals surface area contributed by atoms with E-state index < -0.39 is 11.8 Å². The van der Waals surface area contributed by atoms with Crippen molar-refractivity contribution < 1.29 is 14.3 Å². The van der Waals surface area contributed by atoms with E-state index in [-0.39, 0.29) is 10.7 Å². The van der Waals surface area contributed by atoms with Crippen LogP contribution in [0.4, 0.5) is 0 Å². The molecule has 1 fully saturated rings. The van der Waals surface area contributed by atoms with E-state index in [1.54, 1.807) is 6.08 Å². The van der Waals surface area contributed by atoms with Crippen LogP contribution in [0, 0.1) is 0 Å². The molecule has 0 aliphatic carbocycles. The summed E-state index contributed by atoms with van der Waals surface area (Å²) in [6.45, 7) is 2.37. The number of nitrogens with zero attached hydrogens (tertiary/aromatic N) is 1. The van der Waals surface area contributed by atoms with E-state index in [1.807, 2.05) is 43.3 Å². The molecule has 1 saturated heterocycles. The van der Waals surface area contributed by atoms with E-state index in [9.17, 15) is 9.59 Å². The fourth-order valence-corrected chi connectivity index (χ4v) is 2.77. The van der Waals surface area contributed by atoms with Gasteiger partial charge in [0, 0.05) is 12.6 Å². The van der Waals surface area contributed by atoms with Gasteiger partial charge in [-0.3, -0.25) is 19.8 Å². The number of rotatable bonds is 3. The standard InChI is InChI=1S/C18H16N2O3S/c1-3-23-15-9-8-11-6-4-5-7-12(11)13(15)10-14-16(21)19-18(24)20(2)17(14)22/h4-10H,3H2,1-2H3,(H,19,21,24)/b14-10-. The van der Waals surface area contributed by atoms with Gasteiger partial charge in [0.25, 0.3) is 11.8 Å². The number of likely N-dealkylation sites (N-methyl/N-ethyl adjacent to an activating group) is 1. The number of amides is 2. The van der Waals surface area contributed by atoms with Gasteiger partial charge in [0.1, 0.15) is 11.3 Å². The van der Waals surface area contributed by atoms with Crippen molar-refractivity contribution in [3.63, 3.8) is 0 Å². The molecule has 0 atom stereocenters. The molecule has 24 heavy (non-hydrogen) atoms. The number of hydrogen-bond donors (Lipinski definition) is 1. The van der Waals surface area contributed by atoms with Gasteiger partial charge >= 0.3 is 0 Å². The van der Waals surface area contributed by atoms with Gasteiger partial charge in [-0.15, -0.1) is 0 Å². The zero-order chi connectivity index (χ0) is 17.3. The minimum atomic E-state index is -0.501. The predicted molar refractivity (Wildman–Crippen MR) is 96.6 cm³/mol. The lowest BCUT2D eigenvalue weighted by Gasteiger charge is -2.25. The molecule has 0 bridgehead atoms. The first-order chi connectivity index (χ1) is 11.5. The van der Waals surface area contributed by atoms with Crippen molar-refractivity contribution in [2.75, 3.05) is 13.7 Å². The maximum Gasteiger partial charge on any atom is 0.265 e. The Labute approximate surface area is 144 Å². The number of ether oxygens (including phenoxy) is 1. The minimum Gasteiger partial charge on any atom is -0.493 e. The maximum atomic E-state index is 12.4. The van der Waals surface area contributed by atoms with Crippen molar-refractivity contribution >= 4 is 46.0 Å². The summed E-state index contributed by atoms with van der Waals surface area (Å²) in [5.74, 6) is -0.308. The van der Waals surface area contributed by atoms with Crippen molar-refractivity contribution in [3.8, 4) is 5.75 Å². The molecule has 1 N–H and O–H groups in total. The molecule has 0 radical (unpaired) electrons. The molecule has 2 amide bonds. The highest BCUT2D eigenvalue weighted by Crippen LogP contribution is 2.31. The maximum absolute atomic E-state index is 12.4. The second-order valence-electron chi connectivity index (χ2n) is 5.31. The van der Waals surface area contributed by atoms with Crippen LogP contribution >= 0.6 is 12.2 Å². The number of thiocarbonyl (C=S) groups is 1. The number of benzene rings is 2. The van der Waals surface area contributed by atoms with Crippen LogP contribution in [0.25, 0.3) is 16.8 Å². The zero-order valence-corrected chi connectivity index (χ0v) is 14.1.